The highest BCUT2D eigenvalue weighted by atomic mass is 35.5. The van der Waals surface area contributed by atoms with Crippen molar-refractivity contribution in [1.29, 1.82) is 0 Å². The molecule has 3 N–H and O–H groups in total. The monoisotopic (exact) mass is 293 g/mol. The minimum absolute atomic E-state index is 0.240. The van der Waals surface area contributed by atoms with Crippen LogP contribution in [-0.2, 0) is 4.79 Å². The lowest BCUT2D eigenvalue weighted by Gasteiger charge is -2.15. The number of nitrogens with two attached hydrogens (primary N) is 1. The van der Waals surface area contributed by atoms with Crippen LogP contribution in [0, 0.1) is 0 Å². The van der Waals surface area contributed by atoms with Gasteiger partial charge in [-0.2, -0.15) is 5.10 Å². The first-order valence-corrected chi connectivity index (χ1v) is 6.71. The topological polar surface area (TPSA) is 85.8 Å². The van der Waals surface area contributed by atoms with Crippen LogP contribution in [0.4, 0.5) is 5.69 Å². The molecule has 0 bridgehead atoms. The van der Waals surface area contributed by atoms with Gasteiger partial charge in [0.1, 0.15) is 18.3 Å². The molecule has 106 valence electrons. The molecule has 0 spiro atoms. The molecule has 0 saturated carbocycles. The average molecular weight is 294 g/mol. The minimum atomic E-state index is -0.539. The van der Waals surface area contributed by atoms with Crippen molar-refractivity contribution in [3.8, 4) is 5.69 Å². The third-order valence-electron chi connectivity index (χ3n) is 2.83. The van der Waals surface area contributed by atoms with Gasteiger partial charge in [-0.05, 0) is 18.6 Å². The van der Waals surface area contributed by atoms with Crippen molar-refractivity contribution in [3.05, 3.63) is 35.9 Å². The number of anilines is 1. The van der Waals surface area contributed by atoms with E-state index in [4.69, 9.17) is 17.3 Å². The van der Waals surface area contributed by atoms with Crippen LogP contribution in [0.3, 0.4) is 0 Å². The predicted octanol–water partition coefficient (Wildman–Crippen LogP) is 1.99. The number of amides is 1. The van der Waals surface area contributed by atoms with Crippen molar-refractivity contribution in [3.63, 3.8) is 0 Å². The lowest BCUT2D eigenvalue weighted by atomic mass is 10.1. The van der Waals surface area contributed by atoms with Gasteiger partial charge in [-0.25, -0.2) is 9.67 Å². The van der Waals surface area contributed by atoms with E-state index >= 15 is 0 Å². The van der Waals surface area contributed by atoms with Crippen molar-refractivity contribution in [2.75, 3.05) is 5.32 Å². The SMILES string of the molecule is CCC[C@H](N)C(=O)Nc1cccc(Cl)c1-n1cncn1. The molecular formula is C13H16ClN5O. The Bertz CT molecular complexity index is 584. The Morgan fingerprint density at radius 2 is 2.35 bits per heavy atom. The van der Waals surface area contributed by atoms with E-state index in [0.717, 1.165) is 6.42 Å². The number of aromatic nitrogens is 3. The van der Waals surface area contributed by atoms with Gasteiger partial charge >= 0.3 is 0 Å². The first-order valence-electron chi connectivity index (χ1n) is 6.33. The van der Waals surface area contributed by atoms with Crippen molar-refractivity contribution >= 4 is 23.2 Å². The summed E-state index contributed by atoms with van der Waals surface area (Å²) in [6, 6.07) is 4.69. The summed E-state index contributed by atoms with van der Waals surface area (Å²) in [5.74, 6) is -0.240. The van der Waals surface area contributed by atoms with Crippen LogP contribution in [0.25, 0.3) is 5.69 Å². The van der Waals surface area contributed by atoms with Gasteiger partial charge in [0.15, 0.2) is 0 Å². The standard InChI is InChI=1S/C13H16ClN5O/c1-2-4-10(15)13(20)18-11-6-3-5-9(14)12(11)19-8-16-7-17-19/h3,5-8,10H,2,4,15H2,1H3,(H,18,20)/t10-/m0/s1. The second-order valence-corrected chi connectivity index (χ2v) is 4.77. The van der Waals surface area contributed by atoms with Gasteiger partial charge < -0.3 is 11.1 Å². The van der Waals surface area contributed by atoms with E-state index in [1.807, 2.05) is 6.92 Å². The molecule has 1 atom stereocenters. The maximum Gasteiger partial charge on any atom is 0.241 e. The van der Waals surface area contributed by atoms with E-state index in [2.05, 4.69) is 15.4 Å². The Labute approximate surface area is 121 Å². The molecule has 0 saturated heterocycles. The van der Waals surface area contributed by atoms with Gasteiger partial charge in [-0.15, -0.1) is 0 Å². The quantitative estimate of drug-likeness (QED) is 0.882. The molecule has 1 aromatic carbocycles. The highest BCUT2D eigenvalue weighted by Gasteiger charge is 2.16. The van der Waals surface area contributed by atoms with Gasteiger partial charge in [0, 0.05) is 0 Å². The van der Waals surface area contributed by atoms with Gasteiger partial charge in [0.25, 0.3) is 0 Å². The smallest absolute Gasteiger partial charge is 0.241 e. The molecule has 0 aliphatic rings. The van der Waals surface area contributed by atoms with E-state index in [9.17, 15) is 4.79 Å². The fraction of sp³-hybridized carbons (Fsp3) is 0.308. The summed E-state index contributed by atoms with van der Waals surface area (Å²) >= 11 is 6.17. The lowest BCUT2D eigenvalue weighted by molar-refractivity contribution is -0.117. The number of halogens is 1. The molecular weight excluding hydrogens is 278 g/mol. The normalized spacial score (nSPS) is 12.2. The van der Waals surface area contributed by atoms with Gasteiger partial charge in [-0.3, -0.25) is 4.79 Å². The molecule has 7 heteroatoms. The van der Waals surface area contributed by atoms with Crippen molar-refractivity contribution in [1.82, 2.24) is 14.8 Å². The summed E-state index contributed by atoms with van der Waals surface area (Å²) in [6.45, 7) is 1.98. The molecule has 1 aromatic heterocycles. The van der Waals surface area contributed by atoms with Crippen molar-refractivity contribution in [2.45, 2.75) is 25.8 Å². The van der Waals surface area contributed by atoms with Crippen LogP contribution in [0.2, 0.25) is 5.02 Å². The average Bonchev–Trinajstić information content (AvgIpc) is 2.92. The molecule has 0 aliphatic heterocycles. The molecule has 20 heavy (non-hydrogen) atoms. The predicted molar refractivity (Wildman–Crippen MR) is 77.9 cm³/mol. The fourth-order valence-corrected chi connectivity index (χ4v) is 2.10. The zero-order valence-corrected chi connectivity index (χ0v) is 11.8. The first-order chi connectivity index (χ1) is 9.63. The Morgan fingerprint density at radius 3 is 3.00 bits per heavy atom. The summed E-state index contributed by atoms with van der Waals surface area (Å²) < 4.78 is 1.50. The van der Waals surface area contributed by atoms with Crippen LogP contribution in [0.1, 0.15) is 19.8 Å². The summed E-state index contributed by atoms with van der Waals surface area (Å²) in [7, 11) is 0. The van der Waals surface area contributed by atoms with E-state index in [1.54, 1.807) is 18.2 Å². The molecule has 0 radical (unpaired) electrons. The second-order valence-electron chi connectivity index (χ2n) is 4.36. The Morgan fingerprint density at radius 1 is 1.55 bits per heavy atom. The van der Waals surface area contributed by atoms with Crippen molar-refractivity contribution in [2.24, 2.45) is 5.73 Å². The van der Waals surface area contributed by atoms with E-state index in [0.29, 0.717) is 22.8 Å². The number of carbonyl (C=O) groups is 1. The summed E-state index contributed by atoms with van der Waals surface area (Å²) in [5, 5.41) is 7.29. The van der Waals surface area contributed by atoms with Crippen LogP contribution in [0.5, 0.6) is 0 Å². The van der Waals surface area contributed by atoms with Crippen LogP contribution < -0.4 is 11.1 Å². The molecule has 0 aliphatic carbocycles. The number of hydrogen-bond acceptors (Lipinski definition) is 4. The molecule has 1 amide bonds. The Kier molecular flexibility index (Phi) is 4.70. The van der Waals surface area contributed by atoms with Gasteiger partial charge in [0.05, 0.1) is 16.8 Å². The highest BCUT2D eigenvalue weighted by molar-refractivity contribution is 6.33. The van der Waals surface area contributed by atoms with E-state index in [1.165, 1.54) is 17.3 Å². The molecule has 2 rings (SSSR count). The Balaban J connectivity index is 2.29. The molecule has 0 fully saturated rings. The fourth-order valence-electron chi connectivity index (χ4n) is 1.84. The summed E-state index contributed by atoms with van der Waals surface area (Å²) in [6.07, 6.45) is 4.39. The number of hydrogen-bond donors (Lipinski definition) is 2. The number of rotatable bonds is 5. The zero-order chi connectivity index (χ0) is 14.5. The number of para-hydroxylation sites is 1. The zero-order valence-electron chi connectivity index (χ0n) is 11.1. The maximum atomic E-state index is 12.0. The highest BCUT2D eigenvalue weighted by Crippen LogP contribution is 2.27. The number of nitrogens with one attached hydrogen (secondary N) is 1. The van der Waals surface area contributed by atoms with Crippen LogP contribution >= 0.6 is 11.6 Å². The van der Waals surface area contributed by atoms with E-state index in [-0.39, 0.29) is 5.91 Å². The minimum Gasteiger partial charge on any atom is -0.323 e. The lowest BCUT2D eigenvalue weighted by Crippen LogP contribution is -2.35. The maximum absolute atomic E-state index is 12.0. The van der Waals surface area contributed by atoms with Crippen molar-refractivity contribution < 1.29 is 4.79 Å². The molecule has 2 aromatic rings. The number of benzene rings is 1. The third kappa shape index (κ3) is 3.15. The van der Waals surface area contributed by atoms with Gasteiger partial charge in [-0.1, -0.05) is 31.0 Å². The van der Waals surface area contributed by atoms with Gasteiger partial charge in [0.2, 0.25) is 5.91 Å². The largest absolute Gasteiger partial charge is 0.323 e. The van der Waals surface area contributed by atoms with E-state index < -0.39 is 6.04 Å². The molecule has 1 heterocycles. The summed E-state index contributed by atoms with van der Waals surface area (Å²) in [5.41, 5.74) is 6.93. The number of carbonyl (C=O) groups excluding carboxylic acids is 1. The number of nitrogens with zero attached hydrogens (tertiary/aromatic N) is 3. The molecule has 0 unspecified atom stereocenters. The van der Waals surface area contributed by atoms with Crippen LogP contribution in [-0.4, -0.2) is 26.7 Å². The molecule has 6 nitrogen and oxygen atoms in total. The second kappa shape index (κ2) is 6.49. The third-order valence-corrected chi connectivity index (χ3v) is 3.13. The first kappa shape index (κ1) is 14.5. The summed E-state index contributed by atoms with van der Waals surface area (Å²) in [4.78, 5) is 15.9. The van der Waals surface area contributed by atoms with Crippen LogP contribution in [0.15, 0.2) is 30.9 Å². The Hall–Kier alpha value is -1.92.